The lowest BCUT2D eigenvalue weighted by Gasteiger charge is -2.12. The lowest BCUT2D eigenvalue weighted by molar-refractivity contribution is 1.15. The third kappa shape index (κ3) is 3.33. The number of fused-ring (bicyclic) bond motifs is 6. The van der Waals surface area contributed by atoms with Gasteiger partial charge in [0.15, 0.2) is 0 Å². The van der Waals surface area contributed by atoms with Crippen molar-refractivity contribution in [2.24, 2.45) is 0 Å². The van der Waals surface area contributed by atoms with Crippen molar-refractivity contribution in [3.8, 4) is 34.6 Å². The molecule has 194 valence electrons. The van der Waals surface area contributed by atoms with E-state index in [9.17, 15) is 10.5 Å². The maximum Gasteiger partial charge on any atom is 0.101 e. The highest BCUT2D eigenvalue weighted by Gasteiger charge is 2.21. The van der Waals surface area contributed by atoms with Gasteiger partial charge in [0.05, 0.1) is 38.9 Å². The molecule has 0 unspecified atom stereocenters. The van der Waals surface area contributed by atoms with Gasteiger partial charge in [0.2, 0.25) is 0 Å². The number of aromatic nitrogens is 2. The molecular weight excluding hydrogens is 512 g/mol. The molecule has 0 aliphatic rings. The van der Waals surface area contributed by atoms with Crippen LogP contribution in [0, 0.1) is 22.7 Å². The predicted molar refractivity (Wildman–Crippen MR) is 170 cm³/mol. The lowest BCUT2D eigenvalue weighted by atomic mass is 9.98. The van der Waals surface area contributed by atoms with Gasteiger partial charge in [0.1, 0.15) is 12.1 Å². The molecule has 4 nitrogen and oxygen atoms in total. The SMILES string of the molecule is N#Cc1cccc(C#N)c1-n1c2ccccc2c2c(-c3ccc4c(c3)c3ccccc3n4-c3ccccc3)cccc21. The monoisotopic (exact) mass is 534 g/mol. The van der Waals surface area contributed by atoms with Gasteiger partial charge >= 0.3 is 0 Å². The summed E-state index contributed by atoms with van der Waals surface area (Å²) in [5, 5.41) is 24.6. The van der Waals surface area contributed by atoms with Crippen LogP contribution in [0.4, 0.5) is 0 Å². The van der Waals surface area contributed by atoms with Crippen LogP contribution in [0.5, 0.6) is 0 Å². The molecule has 2 heterocycles. The Morgan fingerprint density at radius 2 is 1.05 bits per heavy atom. The Labute approximate surface area is 242 Å². The first-order valence-corrected chi connectivity index (χ1v) is 13.8. The largest absolute Gasteiger partial charge is 0.309 e. The van der Waals surface area contributed by atoms with Crippen molar-refractivity contribution in [3.63, 3.8) is 0 Å². The number of hydrogen-bond acceptors (Lipinski definition) is 2. The van der Waals surface area contributed by atoms with Gasteiger partial charge in [-0.15, -0.1) is 0 Å². The molecule has 0 N–H and O–H groups in total. The minimum Gasteiger partial charge on any atom is -0.309 e. The number of benzene rings is 6. The van der Waals surface area contributed by atoms with Crippen LogP contribution in [0.15, 0.2) is 133 Å². The van der Waals surface area contributed by atoms with Crippen LogP contribution < -0.4 is 0 Å². The van der Waals surface area contributed by atoms with E-state index in [1.165, 1.54) is 16.3 Å². The second-order valence-corrected chi connectivity index (χ2v) is 10.4. The Morgan fingerprint density at radius 1 is 0.452 bits per heavy atom. The third-order valence-electron chi connectivity index (χ3n) is 8.20. The van der Waals surface area contributed by atoms with Crippen LogP contribution in [-0.4, -0.2) is 9.13 Å². The van der Waals surface area contributed by atoms with Gasteiger partial charge in [0.25, 0.3) is 0 Å². The molecule has 0 saturated carbocycles. The maximum absolute atomic E-state index is 10.0. The molecule has 8 aromatic rings. The van der Waals surface area contributed by atoms with E-state index in [1.54, 1.807) is 18.2 Å². The molecule has 4 heteroatoms. The van der Waals surface area contributed by atoms with E-state index in [2.05, 4.69) is 118 Å². The number of hydrogen-bond donors (Lipinski definition) is 0. The summed E-state index contributed by atoms with van der Waals surface area (Å²) in [6.45, 7) is 0. The normalized spacial score (nSPS) is 11.3. The highest BCUT2D eigenvalue weighted by atomic mass is 15.0. The minimum atomic E-state index is 0.470. The van der Waals surface area contributed by atoms with Crippen molar-refractivity contribution >= 4 is 43.6 Å². The van der Waals surface area contributed by atoms with Gasteiger partial charge in [-0.3, -0.25) is 0 Å². The van der Waals surface area contributed by atoms with Crippen molar-refractivity contribution in [2.75, 3.05) is 0 Å². The molecule has 8 rings (SSSR count). The first-order valence-electron chi connectivity index (χ1n) is 13.8. The highest BCUT2D eigenvalue weighted by Crippen LogP contribution is 2.41. The second-order valence-electron chi connectivity index (χ2n) is 10.4. The van der Waals surface area contributed by atoms with E-state index in [4.69, 9.17) is 0 Å². The zero-order valence-corrected chi connectivity index (χ0v) is 22.5. The van der Waals surface area contributed by atoms with Crippen molar-refractivity contribution in [2.45, 2.75) is 0 Å². The van der Waals surface area contributed by atoms with Crippen LogP contribution in [0.25, 0.3) is 66.1 Å². The smallest absolute Gasteiger partial charge is 0.101 e. The summed E-state index contributed by atoms with van der Waals surface area (Å²) < 4.78 is 4.40. The molecule has 0 fully saturated rings. The topological polar surface area (TPSA) is 57.4 Å². The average molecular weight is 535 g/mol. The molecule has 0 radical (unpaired) electrons. The van der Waals surface area contributed by atoms with Gasteiger partial charge in [-0.2, -0.15) is 10.5 Å². The summed E-state index contributed by atoms with van der Waals surface area (Å²) in [4.78, 5) is 0. The highest BCUT2D eigenvalue weighted by molar-refractivity contribution is 6.17. The van der Waals surface area contributed by atoms with E-state index in [0.29, 0.717) is 16.8 Å². The predicted octanol–water partition coefficient (Wildman–Crippen LogP) is 9.29. The van der Waals surface area contributed by atoms with Crippen LogP contribution in [0.2, 0.25) is 0 Å². The first-order chi connectivity index (χ1) is 20.8. The van der Waals surface area contributed by atoms with E-state index in [1.807, 2.05) is 18.2 Å². The quantitative estimate of drug-likeness (QED) is 0.227. The van der Waals surface area contributed by atoms with Crippen molar-refractivity contribution < 1.29 is 0 Å². The van der Waals surface area contributed by atoms with E-state index < -0.39 is 0 Å². The van der Waals surface area contributed by atoms with Crippen molar-refractivity contribution in [3.05, 3.63) is 145 Å². The molecule has 2 aromatic heterocycles. The number of nitrogens with zero attached hydrogens (tertiary/aromatic N) is 4. The average Bonchev–Trinajstić information content (AvgIpc) is 3.57. The van der Waals surface area contributed by atoms with Gasteiger partial charge in [-0.1, -0.05) is 78.9 Å². The summed E-state index contributed by atoms with van der Waals surface area (Å²) in [7, 11) is 0. The third-order valence-corrected chi connectivity index (χ3v) is 8.20. The van der Waals surface area contributed by atoms with Crippen LogP contribution in [-0.2, 0) is 0 Å². The zero-order chi connectivity index (χ0) is 28.2. The molecular formula is C38H22N4. The van der Waals surface area contributed by atoms with Gasteiger partial charge in [-0.25, -0.2) is 0 Å². The molecule has 0 bridgehead atoms. The molecule has 0 aliphatic carbocycles. The fourth-order valence-electron chi connectivity index (χ4n) is 6.46. The van der Waals surface area contributed by atoms with Crippen LogP contribution in [0.3, 0.4) is 0 Å². The fraction of sp³-hybridized carbons (Fsp3) is 0. The maximum atomic E-state index is 10.0. The Hall–Kier alpha value is -6.10. The zero-order valence-electron chi connectivity index (χ0n) is 22.5. The van der Waals surface area contributed by atoms with Crippen LogP contribution in [0.1, 0.15) is 11.1 Å². The van der Waals surface area contributed by atoms with E-state index in [0.717, 1.165) is 44.1 Å². The van der Waals surface area contributed by atoms with Crippen molar-refractivity contribution in [1.29, 1.82) is 10.5 Å². The van der Waals surface area contributed by atoms with E-state index >= 15 is 0 Å². The number of para-hydroxylation sites is 4. The van der Waals surface area contributed by atoms with Gasteiger partial charge in [-0.05, 0) is 65.7 Å². The summed E-state index contributed by atoms with van der Waals surface area (Å²) in [6.07, 6.45) is 0. The van der Waals surface area contributed by atoms with E-state index in [-0.39, 0.29) is 0 Å². The van der Waals surface area contributed by atoms with Crippen molar-refractivity contribution in [1.82, 2.24) is 9.13 Å². The standard InChI is InChI=1S/C38H22N4/c39-23-26-10-8-11-27(24-40)38(26)42-34-18-7-5-15-31(34)37-29(16-9-19-36(37)42)25-20-21-35-32(22-25)30-14-4-6-17-33(30)41(35)28-12-2-1-3-13-28/h1-22H. The number of nitriles is 2. The Bertz CT molecular complexity index is 2400. The Morgan fingerprint density at radius 3 is 1.79 bits per heavy atom. The minimum absolute atomic E-state index is 0.470. The molecule has 42 heavy (non-hydrogen) atoms. The van der Waals surface area contributed by atoms with Gasteiger partial charge in [0, 0.05) is 27.2 Å². The lowest BCUT2D eigenvalue weighted by Crippen LogP contribution is -2.01. The van der Waals surface area contributed by atoms with Crippen LogP contribution >= 0.6 is 0 Å². The Kier molecular flexibility index (Phi) is 5.22. The summed E-state index contributed by atoms with van der Waals surface area (Å²) in [5.74, 6) is 0. The summed E-state index contributed by atoms with van der Waals surface area (Å²) >= 11 is 0. The summed E-state index contributed by atoms with van der Waals surface area (Å²) in [6, 6.07) is 50.2. The first kappa shape index (κ1) is 23.8. The molecule has 0 amide bonds. The van der Waals surface area contributed by atoms with Gasteiger partial charge < -0.3 is 9.13 Å². The molecule has 0 saturated heterocycles. The molecule has 0 atom stereocenters. The molecule has 0 aliphatic heterocycles. The number of rotatable bonds is 3. The molecule has 0 spiro atoms. The Balaban J connectivity index is 1.45. The molecule has 6 aromatic carbocycles. The second kappa shape index (κ2) is 9.24. The fourth-order valence-corrected chi connectivity index (χ4v) is 6.46. The summed E-state index contributed by atoms with van der Waals surface area (Å²) in [5.41, 5.74) is 9.15.